The van der Waals surface area contributed by atoms with E-state index < -0.39 is 0 Å². The van der Waals surface area contributed by atoms with Crippen molar-refractivity contribution < 1.29 is 0 Å². The molecule has 0 saturated heterocycles. The van der Waals surface area contributed by atoms with Gasteiger partial charge in [0.05, 0.1) is 22.4 Å². The minimum Gasteiger partial charge on any atom is -0.345 e. The number of aromatic nitrogens is 3. The molecule has 0 amide bonds. The average molecular weight is 408 g/mol. The zero-order chi connectivity index (χ0) is 19.3. The molecule has 3 nitrogen and oxygen atoms in total. The first-order valence-corrected chi connectivity index (χ1v) is 9.77. The first kappa shape index (κ1) is 18.6. The van der Waals surface area contributed by atoms with E-state index in [4.69, 9.17) is 23.2 Å². The number of rotatable bonds is 6. The number of halogens is 2. The average Bonchev–Trinajstić information content (AvgIpc) is 3.39. The fraction of sp³-hybridized carbons (Fsp3) is 0.0870. The minimum absolute atomic E-state index is 0.0441. The molecular weight excluding hydrogens is 389 g/mol. The van der Waals surface area contributed by atoms with Crippen LogP contribution in [-0.2, 0) is 6.54 Å². The molecule has 0 aliphatic carbocycles. The largest absolute Gasteiger partial charge is 0.345 e. The number of benzene rings is 2. The first-order chi connectivity index (χ1) is 13.7. The van der Waals surface area contributed by atoms with Crippen LogP contribution in [-0.4, -0.2) is 14.1 Å². The molecule has 5 heteroatoms. The molecule has 2 aromatic heterocycles. The van der Waals surface area contributed by atoms with E-state index >= 15 is 0 Å². The summed E-state index contributed by atoms with van der Waals surface area (Å²) < 4.78 is 4.30. The Bertz CT molecular complexity index is 1070. The van der Waals surface area contributed by atoms with Crippen molar-refractivity contribution in [3.63, 3.8) is 0 Å². The Morgan fingerprint density at radius 3 is 2.54 bits per heavy atom. The van der Waals surface area contributed by atoms with E-state index in [1.807, 2.05) is 48.9 Å². The molecule has 4 aromatic rings. The highest BCUT2D eigenvalue weighted by molar-refractivity contribution is 6.42. The molecule has 0 N–H and O–H groups in total. The number of hydrogen-bond acceptors (Lipinski definition) is 1. The Hall–Kier alpha value is -2.75. The van der Waals surface area contributed by atoms with Crippen LogP contribution >= 0.6 is 23.2 Å². The predicted molar refractivity (Wildman–Crippen MR) is 116 cm³/mol. The monoisotopic (exact) mass is 407 g/mol. The van der Waals surface area contributed by atoms with Crippen LogP contribution in [0, 0.1) is 0 Å². The third kappa shape index (κ3) is 4.06. The van der Waals surface area contributed by atoms with E-state index in [2.05, 4.69) is 56.7 Å². The third-order valence-electron chi connectivity index (χ3n) is 4.64. The first-order valence-electron chi connectivity index (χ1n) is 9.01. The molecule has 0 fully saturated rings. The van der Waals surface area contributed by atoms with E-state index in [1.54, 1.807) is 6.20 Å². The van der Waals surface area contributed by atoms with Crippen molar-refractivity contribution >= 4 is 29.3 Å². The van der Waals surface area contributed by atoms with Gasteiger partial charge in [0.1, 0.15) is 0 Å². The topological polar surface area (TPSA) is 22.8 Å². The highest BCUT2D eigenvalue weighted by atomic mass is 35.5. The van der Waals surface area contributed by atoms with Crippen LogP contribution in [0.5, 0.6) is 0 Å². The van der Waals surface area contributed by atoms with Gasteiger partial charge < -0.3 is 9.13 Å². The summed E-state index contributed by atoms with van der Waals surface area (Å²) >= 11 is 12.4. The summed E-state index contributed by atoms with van der Waals surface area (Å²) in [4.78, 5) is 4.23. The van der Waals surface area contributed by atoms with Crippen molar-refractivity contribution in [1.29, 1.82) is 0 Å². The molecular formula is C23H19Cl2N3. The molecule has 0 bridgehead atoms. The van der Waals surface area contributed by atoms with Crippen molar-refractivity contribution in [1.82, 2.24) is 14.1 Å². The number of allylic oxidation sites excluding steroid dienone is 1. The van der Waals surface area contributed by atoms with Crippen molar-refractivity contribution in [2.45, 2.75) is 12.6 Å². The maximum absolute atomic E-state index is 6.30. The summed E-state index contributed by atoms with van der Waals surface area (Å²) in [5.74, 6) is 0. The fourth-order valence-corrected chi connectivity index (χ4v) is 3.62. The van der Waals surface area contributed by atoms with E-state index in [0.29, 0.717) is 10.0 Å². The lowest BCUT2D eigenvalue weighted by atomic mass is 10.0. The summed E-state index contributed by atoms with van der Waals surface area (Å²) in [6, 6.07) is 20.2. The van der Waals surface area contributed by atoms with Crippen LogP contribution in [0.1, 0.15) is 22.9 Å². The second-order valence-corrected chi connectivity index (χ2v) is 7.30. The zero-order valence-corrected chi connectivity index (χ0v) is 16.6. The second kappa shape index (κ2) is 8.51. The predicted octanol–water partition coefficient (Wildman–Crippen LogP) is 6.34. The van der Waals surface area contributed by atoms with Gasteiger partial charge in [0.2, 0.25) is 0 Å². The van der Waals surface area contributed by atoms with Gasteiger partial charge in [-0.1, -0.05) is 71.8 Å². The standard InChI is InChI=1S/C23H19Cl2N3/c24-20-11-10-19(16-21(20)25)23(28-15-12-26-17-28)22-9-5-14-27(22)13-4-8-18-6-2-1-3-7-18/h1-12,14-17,23H,13H2/b8-4+. The Kier molecular flexibility index (Phi) is 5.65. The van der Waals surface area contributed by atoms with E-state index in [9.17, 15) is 0 Å². The van der Waals surface area contributed by atoms with Gasteiger partial charge in [-0.2, -0.15) is 0 Å². The van der Waals surface area contributed by atoms with Crippen LogP contribution in [0.2, 0.25) is 10.0 Å². The highest BCUT2D eigenvalue weighted by Crippen LogP contribution is 2.31. The molecule has 1 atom stereocenters. The summed E-state index contributed by atoms with van der Waals surface area (Å²) in [6.45, 7) is 0.768. The Morgan fingerprint density at radius 2 is 1.79 bits per heavy atom. The molecule has 0 saturated carbocycles. The maximum atomic E-state index is 6.30. The Labute approximate surface area is 174 Å². The lowest BCUT2D eigenvalue weighted by molar-refractivity contribution is 0.613. The third-order valence-corrected chi connectivity index (χ3v) is 5.38. The van der Waals surface area contributed by atoms with Gasteiger partial charge in [-0.05, 0) is 35.4 Å². The van der Waals surface area contributed by atoms with Crippen LogP contribution in [0.25, 0.3) is 6.08 Å². The lowest BCUT2D eigenvalue weighted by Crippen LogP contribution is -2.15. The molecule has 1 unspecified atom stereocenters. The lowest BCUT2D eigenvalue weighted by Gasteiger charge is -2.21. The van der Waals surface area contributed by atoms with E-state index in [-0.39, 0.29) is 6.04 Å². The van der Waals surface area contributed by atoms with E-state index in [1.165, 1.54) is 5.56 Å². The van der Waals surface area contributed by atoms with Gasteiger partial charge in [-0.15, -0.1) is 0 Å². The van der Waals surface area contributed by atoms with Gasteiger partial charge in [0.25, 0.3) is 0 Å². The molecule has 2 aromatic carbocycles. The molecule has 0 radical (unpaired) electrons. The number of nitrogens with zero attached hydrogens (tertiary/aromatic N) is 3. The molecule has 140 valence electrons. The van der Waals surface area contributed by atoms with Crippen LogP contribution in [0.4, 0.5) is 0 Å². The Balaban J connectivity index is 1.67. The second-order valence-electron chi connectivity index (χ2n) is 6.48. The normalized spacial score (nSPS) is 12.5. The SMILES string of the molecule is Clc1ccc(C(c2cccn2C/C=C/c2ccccc2)n2ccnc2)cc1Cl. The zero-order valence-electron chi connectivity index (χ0n) is 15.1. The summed E-state index contributed by atoms with van der Waals surface area (Å²) in [5.41, 5.74) is 3.39. The quantitative estimate of drug-likeness (QED) is 0.365. The van der Waals surface area contributed by atoms with Gasteiger partial charge in [-0.3, -0.25) is 0 Å². The van der Waals surface area contributed by atoms with Crippen molar-refractivity contribution in [3.05, 3.63) is 119 Å². The summed E-state index contributed by atoms with van der Waals surface area (Å²) in [5, 5.41) is 1.10. The summed E-state index contributed by atoms with van der Waals surface area (Å²) in [6.07, 6.45) is 12.0. The number of imidazole rings is 1. The van der Waals surface area contributed by atoms with Crippen molar-refractivity contribution in [2.24, 2.45) is 0 Å². The van der Waals surface area contributed by atoms with Gasteiger partial charge in [-0.25, -0.2) is 4.98 Å². The molecule has 28 heavy (non-hydrogen) atoms. The van der Waals surface area contributed by atoms with Crippen molar-refractivity contribution in [2.75, 3.05) is 0 Å². The van der Waals surface area contributed by atoms with Gasteiger partial charge in [0.15, 0.2) is 0 Å². The van der Waals surface area contributed by atoms with Gasteiger partial charge in [0, 0.05) is 30.8 Å². The maximum Gasteiger partial charge on any atom is 0.0999 e. The molecule has 2 heterocycles. The summed E-state index contributed by atoms with van der Waals surface area (Å²) in [7, 11) is 0. The van der Waals surface area contributed by atoms with Crippen LogP contribution in [0.3, 0.4) is 0 Å². The molecule has 0 aliphatic heterocycles. The molecule has 0 aliphatic rings. The Morgan fingerprint density at radius 1 is 0.929 bits per heavy atom. The van der Waals surface area contributed by atoms with Gasteiger partial charge >= 0.3 is 0 Å². The van der Waals surface area contributed by atoms with E-state index in [0.717, 1.165) is 17.8 Å². The molecule has 4 rings (SSSR count). The molecule has 0 spiro atoms. The smallest absolute Gasteiger partial charge is 0.0999 e. The minimum atomic E-state index is -0.0441. The number of hydrogen-bond donors (Lipinski definition) is 0. The fourth-order valence-electron chi connectivity index (χ4n) is 3.31. The van der Waals surface area contributed by atoms with Crippen LogP contribution < -0.4 is 0 Å². The highest BCUT2D eigenvalue weighted by Gasteiger charge is 2.20. The van der Waals surface area contributed by atoms with Crippen LogP contribution in [0.15, 0.2) is 91.7 Å². The van der Waals surface area contributed by atoms with Crippen molar-refractivity contribution in [3.8, 4) is 0 Å².